The van der Waals surface area contributed by atoms with Gasteiger partial charge in [-0.05, 0) is 29.5 Å². The van der Waals surface area contributed by atoms with Gasteiger partial charge in [-0.25, -0.2) is 0 Å². The van der Waals surface area contributed by atoms with Crippen LogP contribution in [0, 0.1) is 6.92 Å². The highest BCUT2D eigenvalue weighted by Crippen LogP contribution is 2.27. The molecule has 1 N–H and O–H groups in total. The number of aliphatic hydroxyl groups excluding tert-OH is 1. The van der Waals surface area contributed by atoms with Crippen LogP contribution in [0.1, 0.15) is 31.9 Å². The molecule has 1 unspecified atom stereocenters. The van der Waals surface area contributed by atoms with Crippen molar-refractivity contribution in [1.82, 2.24) is 14.8 Å². The number of rotatable bonds is 6. The number of benzene rings is 1. The third kappa shape index (κ3) is 4.97. The van der Waals surface area contributed by atoms with E-state index >= 15 is 0 Å². The first kappa shape index (κ1) is 17.8. The molecule has 2 rings (SSSR count). The first-order valence-corrected chi connectivity index (χ1v) is 8.64. The molecule has 6 heteroatoms. The zero-order valence-corrected chi connectivity index (χ0v) is 15.2. The minimum absolute atomic E-state index is 0.121. The third-order valence-corrected chi connectivity index (χ3v) is 4.73. The third-order valence-electron chi connectivity index (χ3n) is 3.55. The second-order valence-electron chi connectivity index (χ2n) is 6.73. The molecule has 1 atom stereocenters. The van der Waals surface area contributed by atoms with E-state index in [9.17, 15) is 5.11 Å². The summed E-state index contributed by atoms with van der Waals surface area (Å²) in [5.41, 5.74) is 2.49. The topological polar surface area (TPSA) is 60.2 Å². The van der Waals surface area contributed by atoms with E-state index < -0.39 is 6.10 Å². The number of ether oxygens (including phenoxy) is 1. The molecule has 0 saturated carbocycles. The summed E-state index contributed by atoms with van der Waals surface area (Å²) in [5.74, 6) is 1.34. The van der Waals surface area contributed by atoms with Crippen molar-refractivity contribution in [3.05, 3.63) is 35.7 Å². The van der Waals surface area contributed by atoms with Crippen LogP contribution in [-0.4, -0.2) is 38.3 Å². The lowest BCUT2D eigenvalue weighted by atomic mass is 9.86. The number of nitrogens with zero attached hydrogens (tertiary/aromatic N) is 3. The molecule has 0 spiro atoms. The van der Waals surface area contributed by atoms with Crippen LogP contribution in [0.4, 0.5) is 0 Å². The molecule has 0 aliphatic rings. The van der Waals surface area contributed by atoms with Gasteiger partial charge in [0.05, 0.1) is 6.10 Å². The number of aromatic nitrogens is 3. The highest BCUT2D eigenvalue weighted by molar-refractivity contribution is 7.99. The summed E-state index contributed by atoms with van der Waals surface area (Å²) in [6, 6.07) is 6.22. The number of thioether (sulfide) groups is 1. The van der Waals surface area contributed by atoms with Gasteiger partial charge in [-0.1, -0.05) is 44.7 Å². The fourth-order valence-corrected chi connectivity index (χ4v) is 2.88. The van der Waals surface area contributed by atoms with Crippen LogP contribution in [0.3, 0.4) is 0 Å². The molecule has 0 saturated heterocycles. The lowest BCUT2D eigenvalue weighted by Gasteiger charge is -2.21. The Morgan fingerprint density at radius 3 is 2.65 bits per heavy atom. The van der Waals surface area contributed by atoms with Gasteiger partial charge in [-0.3, -0.25) is 0 Å². The van der Waals surface area contributed by atoms with E-state index in [2.05, 4.69) is 43.1 Å². The number of aliphatic hydroxyl groups is 1. The Bertz CT molecular complexity index is 650. The summed E-state index contributed by atoms with van der Waals surface area (Å²) in [4.78, 5) is 0. The van der Waals surface area contributed by atoms with Crippen molar-refractivity contribution in [3.8, 4) is 5.75 Å². The average molecular weight is 335 g/mol. The summed E-state index contributed by atoms with van der Waals surface area (Å²) in [7, 11) is 1.88. The van der Waals surface area contributed by atoms with Gasteiger partial charge in [0.25, 0.3) is 0 Å². The van der Waals surface area contributed by atoms with Crippen molar-refractivity contribution >= 4 is 11.8 Å². The van der Waals surface area contributed by atoms with Crippen LogP contribution in [0.2, 0.25) is 0 Å². The normalized spacial score (nSPS) is 13.1. The lowest BCUT2D eigenvalue weighted by Crippen LogP contribution is -2.20. The Morgan fingerprint density at radius 2 is 2.09 bits per heavy atom. The van der Waals surface area contributed by atoms with E-state index in [-0.39, 0.29) is 12.0 Å². The second-order valence-corrected chi connectivity index (χ2v) is 7.72. The van der Waals surface area contributed by atoms with E-state index in [1.165, 1.54) is 17.3 Å². The molecule has 1 aromatic heterocycles. The largest absolute Gasteiger partial charge is 0.491 e. The molecule has 2 aromatic rings. The maximum atomic E-state index is 10.1. The van der Waals surface area contributed by atoms with E-state index in [1.807, 2.05) is 24.6 Å². The van der Waals surface area contributed by atoms with Crippen molar-refractivity contribution in [2.75, 3.05) is 12.4 Å². The number of hydrogen-bond acceptors (Lipinski definition) is 5. The van der Waals surface area contributed by atoms with Gasteiger partial charge in [-0.2, -0.15) is 0 Å². The molecule has 1 heterocycles. The second kappa shape index (κ2) is 7.36. The summed E-state index contributed by atoms with van der Waals surface area (Å²) < 4.78 is 7.59. The SMILES string of the molecule is Cc1cc(C(C)(C)C)ccc1OCC(O)CSc1nncn1C. The van der Waals surface area contributed by atoms with Gasteiger partial charge in [-0.15, -0.1) is 10.2 Å². The number of hydrogen-bond donors (Lipinski definition) is 1. The van der Waals surface area contributed by atoms with Gasteiger partial charge in [0, 0.05) is 12.8 Å². The Labute approximate surface area is 142 Å². The fourth-order valence-electron chi connectivity index (χ4n) is 2.09. The first-order chi connectivity index (χ1) is 10.8. The zero-order valence-electron chi connectivity index (χ0n) is 14.4. The minimum atomic E-state index is -0.557. The molecule has 1 aromatic carbocycles. The Kier molecular flexibility index (Phi) is 5.70. The highest BCUT2D eigenvalue weighted by Gasteiger charge is 2.15. The summed E-state index contributed by atoms with van der Waals surface area (Å²) in [6.07, 6.45) is 1.09. The van der Waals surface area contributed by atoms with E-state index in [0.717, 1.165) is 16.5 Å². The van der Waals surface area contributed by atoms with Crippen molar-refractivity contribution in [2.45, 2.75) is 44.4 Å². The predicted molar refractivity (Wildman–Crippen MR) is 93.1 cm³/mol. The summed E-state index contributed by atoms with van der Waals surface area (Å²) >= 11 is 1.47. The van der Waals surface area contributed by atoms with Crippen LogP contribution in [0.25, 0.3) is 0 Å². The quantitative estimate of drug-likeness (QED) is 0.823. The van der Waals surface area contributed by atoms with Crippen molar-refractivity contribution < 1.29 is 9.84 Å². The molecule has 5 nitrogen and oxygen atoms in total. The lowest BCUT2D eigenvalue weighted by molar-refractivity contribution is 0.126. The van der Waals surface area contributed by atoms with Gasteiger partial charge in [0.1, 0.15) is 18.7 Å². The predicted octanol–water partition coefficient (Wildman–Crippen LogP) is 2.95. The zero-order chi connectivity index (χ0) is 17.0. The van der Waals surface area contributed by atoms with Crippen molar-refractivity contribution in [2.24, 2.45) is 7.05 Å². The molecule has 0 fully saturated rings. The molecular weight excluding hydrogens is 310 g/mol. The molecule has 0 aliphatic heterocycles. The van der Waals surface area contributed by atoms with Crippen LogP contribution in [0.5, 0.6) is 5.75 Å². The highest BCUT2D eigenvalue weighted by atomic mass is 32.2. The molecule has 126 valence electrons. The van der Waals surface area contributed by atoms with E-state index in [1.54, 1.807) is 6.33 Å². The average Bonchev–Trinajstić information content (AvgIpc) is 2.88. The Hall–Kier alpha value is -1.53. The standard InChI is InChI=1S/C17H25N3O2S/c1-12-8-13(17(2,3)4)6-7-15(12)22-9-14(21)10-23-16-19-18-11-20(16)5/h6-8,11,14,21H,9-10H2,1-5H3. The minimum Gasteiger partial charge on any atom is -0.491 e. The molecule has 23 heavy (non-hydrogen) atoms. The first-order valence-electron chi connectivity index (χ1n) is 7.66. The van der Waals surface area contributed by atoms with Crippen molar-refractivity contribution in [3.63, 3.8) is 0 Å². The smallest absolute Gasteiger partial charge is 0.190 e. The Morgan fingerprint density at radius 1 is 1.35 bits per heavy atom. The van der Waals surface area contributed by atoms with Crippen LogP contribution >= 0.6 is 11.8 Å². The van der Waals surface area contributed by atoms with E-state index in [4.69, 9.17) is 4.74 Å². The Balaban J connectivity index is 1.86. The van der Waals surface area contributed by atoms with Crippen LogP contribution in [0.15, 0.2) is 29.7 Å². The maximum Gasteiger partial charge on any atom is 0.190 e. The van der Waals surface area contributed by atoms with Crippen molar-refractivity contribution in [1.29, 1.82) is 0 Å². The summed E-state index contributed by atoms with van der Waals surface area (Å²) in [6.45, 7) is 8.87. The van der Waals surface area contributed by atoms with Gasteiger partial charge in [0.2, 0.25) is 0 Å². The summed E-state index contributed by atoms with van der Waals surface area (Å²) in [5, 5.41) is 18.6. The van der Waals surface area contributed by atoms with Gasteiger partial charge < -0.3 is 14.4 Å². The van der Waals surface area contributed by atoms with Crippen LogP contribution < -0.4 is 4.74 Å². The van der Waals surface area contributed by atoms with Gasteiger partial charge in [0.15, 0.2) is 5.16 Å². The maximum absolute atomic E-state index is 10.1. The molecule has 0 bridgehead atoms. The molecule has 0 amide bonds. The monoisotopic (exact) mass is 335 g/mol. The molecule has 0 aliphatic carbocycles. The van der Waals surface area contributed by atoms with Gasteiger partial charge >= 0.3 is 0 Å². The molecule has 0 radical (unpaired) electrons. The van der Waals surface area contributed by atoms with Crippen LogP contribution in [-0.2, 0) is 12.5 Å². The number of aryl methyl sites for hydroxylation is 2. The molecular formula is C17H25N3O2S. The fraction of sp³-hybridized carbons (Fsp3) is 0.529. The van der Waals surface area contributed by atoms with E-state index in [0.29, 0.717) is 5.75 Å².